The minimum Gasteiger partial charge on any atom is -0.435 e. The van der Waals surface area contributed by atoms with E-state index in [4.69, 9.17) is 4.74 Å². The summed E-state index contributed by atoms with van der Waals surface area (Å²) in [7, 11) is -3.66. The van der Waals surface area contributed by atoms with Crippen molar-refractivity contribution < 1.29 is 22.3 Å². The maximum absolute atomic E-state index is 14.0. The molecule has 3 aromatic rings. The Morgan fingerprint density at radius 2 is 1.97 bits per heavy atom. The number of benzene rings is 2. The smallest absolute Gasteiger partial charge is 0.312 e. The molecule has 0 amide bonds. The molecule has 2 aromatic carbocycles. The number of carbonyl (C=O) groups is 1. The quantitative estimate of drug-likeness (QED) is 0.444. The first kappa shape index (κ1) is 20.3. The Kier molecular flexibility index (Phi) is 5.44. The summed E-state index contributed by atoms with van der Waals surface area (Å²) in [4.78, 5) is 12.0. The summed E-state index contributed by atoms with van der Waals surface area (Å²) in [5.41, 5.74) is 2.46. The summed E-state index contributed by atoms with van der Waals surface area (Å²) in [6.07, 6.45) is 1.69. The molecule has 1 aromatic heterocycles. The number of carbonyl (C=O) groups excluding carboxylic acids is 1. The normalized spacial score (nSPS) is 14.4. The molecule has 0 radical (unpaired) electrons. The Morgan fingerprint density at radius 3 is 2.70 bits per heavy atom. The van der Waals surface area contributed by atoms with Crippen molar-refractivity contribution in [2.24, 2.45) is 0 Å². The molecule has 1 aliphatic rings. The highest BCUT2D eigenvalue weighted by Gasteiger charge is 2.31. The van der Waals surface area contributed by atoms with Crippen molar-refractivity contribution >= 4 is 26.9 Å². The topological polar surface area (TPSA) is 68.6 Å². The Hall–Kier alpha value is -2.97. The third kappa shape index (κ3) is 3.64. The molecular formula is C22H21FN2O4S. The molecule has 0 spiro atoms. The molecule has 156 valence electrons. The fraction of sp³-hybridized carbons (Fsp3) is 0.227. The molecule has 0 saturated heterocycles. The number of fused-ring (bicyclic) bond motifs is 3. The Morgan fingerprint density at radius 1 is 1.20 bits per heavy atom. The van der Waals surface area contributed by atoms with E-state index in [2.05, 4.69) is 6.58 Å². The van der Waals surface area contributed by atoms with E-state index in [-0.39, 0.29) is 17.9 Å². The molecule has 4 rings (SSSR count). The third-order valence-corrected chi connectivity index (χ3v) is 7.18. The van der Waals surface area contributed by atoms with Gasteiger partial charge in [0.05, 0.1) is 17.6 Å². The van der Waals surface area contributed by atoms with Gasteiger partial charge in [0.1, 0.15) is 5.82 Å². The Bertz CT molecular complexity index is 1220. The van der Waals surface area contributed by atoms with Crippen LogP contribution in [0.1, 0.15) is 17.7 Å². The van der Waals surface area contributed by atoms with E-state index in [1.54, 1.807) is 36.4 Å². The van der Waals surface area contributed by atoms with Crippen LogP contribution in [-0.2, 0) is 39.1 Å². The lowest BCUT2D eigenvalue weighted by Crippen LogP contribution is -2.36. The van der Waals surface area contributed by atoms with Crippen LogP contribution in [0.15, 0.2) is 66.3 Å². The molecule has 6 nitrogen and oxygen atoms in total. The van der Waals surface area contributed by atoms with E-state index >= 15 is 0 Å². The summed E-state index contributed by atoms with van der Waals surface area (Å²) < 4.78 is 48.3. The van der Waals surface area contributed by atoms with Gasteiger partial charge in [-0.3, -0.25) is 4.79 Å². The molecule has 0 fully saturated rings. The SMILES string of the molecule is C=COC(=O)CCn1c2c(c3cc(F)ccc31)CN(S(=O)(=O)c1ccccc1)CC2. The molecule has 2 heterocycles. The number of sulfonamides is 1. The highest BCUT2D eigenvalue weighted by molar-refractivity contribution is 7.89. The van der Waals surface area contributed by atoms with Crippen molar-refractivity contribution in [3.8, 4) is 0 Å². The number of nitrogens with zero attached hydrogens (tertiary/aromatic N) is 2. The van der Waals surface area contributed by atoms with Gasteiger partial charge in [-0.2, -0.15) is 4.31 Å². The van der Waals surface area contributed by atoms with Crippen LogP contribution >= 0.6 is 0 Å². The highest BCUT2D eigenvalue weighted by atomic mass is 32.2. The van der Waals surface area contributed by atoms with Gasteiger partial charge in [-0.25, -0.2) is 12.8 Å². The Balaban J connectivity index is 1.73. The first-order valence-corrected chi connectivity index (χ1v) is 11.0. The van der Waals surface area contributed by atoms with Gasteiger partial charge in [0, 0.05) is 42.7 Å². The maximum Gasteiger partial charge on any atom is 0.312 e. The second-order valence-electron chi connectivity index (χ2n) is 7.05. The minimum absolute atomic E-state index is 0.131. The lowest BCUT2D eigenvalue weighted by Gasteiger charge is -2.27. The van der Waals surface area contributed by atoms with Crippen molar-refractivity contribution in [1.82, 2.24) is 8.87 Å². The van der Waals surface area contributed by atoms with Crippen LogP contribution in [0, 0.1) is 5.82 Å². The Labute approximate surface area is 174 Å². The minimum atomic E-state index is -3.66. The summed E-state index contributed by atoms with van der Waals surface area (Å²) >= 11 is 0. The molecule has 8 heteroatoms. The maximum atomic E-state index is 14.0. The predicted octanol–water partition coefficient (Wildman–Crippen LogP) is 3.60. The van der Waals surface area contributed by atoms with Gasteiger partial charge in [0.15, 0.2) is 0 Å². The first-order valence-electron chi connectivity index (χ1n) is 9.57. The number of ether oxygens (including phenoxy) is 1. The lowest BCUT2D eigenvalue weighted by atomic mass is 10.1. The number of aryl methyl sites for hydroxylation is 1. The van der Waals surface area contributed by atoms with Crippen molar-refractivity contribution in [3.63, 3.8) is 0 Å². The molecule has 30 heavy (non-hydrogen) atoms. The monoisotopic (exact) mass is 428 g/mol. The average molecular weight is 428 g/mol. The van der Waals surface area contributed by atoms with E-state index in [9.17, 15) is 17.6 Å². The molecule has 0 saturated carbocycles. The van der Waals surface area contributed by atoms with E-state index in [1.807, 2.05) is 4.57 Å². The summed E-state index contributed by atoms with van der Waals surface area (Å²) in [6, 6.07) is 12.7. The van der Waals surface area contributed by atoms with Crippen LogP contribution in [0.3, 0.4) is 0 Å². The van der Waals surface area contributed by atoms with Crippen molar-refractivity contribution in [3.05, 3.63) is 78.4 Å². The molecule has 0 aliphatic carbocycles. The van der Waals surface area contributed by atoms with E-state index in [1.165, 1.54) is 16.4 Å². The average Bonchev–Trinajstić information content (AvgIpc) is 3.05. The van der Waals surface area contributed by atoms with Crippen molar-refractivity contribution in [1.29, 1.82) is 0 Å². The zero-order valence-corrected chi connectivity index (χ0v) is 17.1. The van der Waals surface area contributed by atoms with Gasteiger partial charge < -0.3 is 9.30 Å². The lowest BCUT2D eigenvalue weighted by molar-refractivity contribution is -0.138. The van der Waals surface area contributed by atoms with Crippen molar-refractivity contribution in [2.45, 2.75) is 30.8 Å². The zero-order chi connectivity index (χ0) is 21.3. The molecule has 0 N–H and O–H groups in total. The highest BCUT2D eigenvalue weighted by Crippen LogP contribution is 2.33. The largest absolute Gasteiger partial charge is 0.435 e. The van der Waals surface area contributed by atoms with Gasteiger partial charge in [0.25, 0.3) is 0 Å². The van der Waals surface area contributed by atoms with Crippen LogP contribution in [0.5, 0.6) is 0 Å². The number of halogens is 1. The number of hydrogen-bond acceptors (Lipinski definition) is 4. The molecule has 1 aliphatic heterocycles. The first-order chi connectivity index (χ1) is 14.4. The van der Waals surface area contributed by atoms with Gasteiger partial charge in [0.2, 0.25) is 10.0 Å². The van der Waals surface area contributed by atoms with Crippen LogP contribution in [0.2, 0.25) is 0 Å². The van der Waals surface area contributed by atoms with Crippen LogP contribution < -0.4 is 0 Å². The number of hydrogen-bond donors (Lipinski definition) is 0. The van der Waals surface area contributed by atoms with E-state index < -0.39 is 21.8 Å². The third-order valence-electron chi connectivity index (χ3n) is 5.32. The van der Waals surface area contributed by atoms with Crippen LogP contribution in [0.25, 0.3) is 10.9 Å². The predicted molar refractivity (Wildman–Crippen MR) is 111 cm³/mol. The molecule has 0 unspecified atom stereocenters. The van der Waals surface area contributed by atoms with Gasteiger partial charge >= 0.3 is 5.97 Å². The molecular weight excluding hydrogens is 407 g/mol. The second-order valence-corrected chi connectivity index (χ2v) is 8.98. The number of rotatable bonds is 6. The second kappa shape index (κ2) is 8.04. The fourth-order valence-corrected chi connectivity index (χ4v) is 5.38. The molecule has 0 atom stereocenters. The summed E-state index contributed by atoms with van der Waals surface area (Å²) in [5, 5.41) is 0.662. The van der Waals surface area contributed by atoms with E-state index in [0.29, 0.717) is 24.9 Å². The van der Waals surface area contributed by atoms with Crippen molar-refractivity contribution in [2.75, 3.05) is 6.54 Å². The van der Waals surface area contributed by atoms with Crippen LogP contribution in [-0.4, -0.2) is 29.8 Å². The fourth-order valence-electron chi connectivity index (χ4n) is 3.95. The van der Waals surface area contributed by atoms with Gasteiger partial charge in [-0.1, -0.05) is 24.8 Å². The number of aromatic nitrogens is 1. The summed E-state index contributed by atoms with van der Waals surface area (Å²) in [6.45, 7) is 4.19. The standard InChI is InChI=1S/C22H21FN2O4S/c1-2-29-22(26)11-13-25-20-9-8-16(23)14-18(20)19-15-24(12-10-21(19)25)30(27,28)17-6-4-3-5-7-17/h2-9,14H,1,10-13,15H2. The summed E-state index contributed by atoms with van der Waals surface area (Å²) in [5.74, 6) is -0.802. The van der Waals surface area contributed by atoms with Crippen LogP contribution in [0.4, 0.5) is 4.39 Å². The number of esters is 1. The van der Waals surface area contributed by atoms with Gasteiger partial charge in [-0.05, 0) is 35.9 Å². The van der Waals surface area contributed by atoms with Gasteiger partial charge in [-0.15, -0.1) is 0 Å². The molecule has 0 bridgehead atoms. The zero-order valence-electron chi connectivity index (χ0n) is 16.3. The van der Waals surface area contributed by atoms with E-state index in [0.717, 1.165) is 23.0 Å².